The summed E-state index contributed by atoms with van der Waals surface area (Å²) in [7, 11) is 2.10. The van der Waals surface area contributed by atoms with Gasteiger partial charge in [-0.1, -0.05) is 41.5 Å². The fourth-order valence-electron chi connectivity index (χ4n) is 6.29. The minimum atomic E-state index is 0.930. The van der Waals surface area contributed by atoms with Crippen molar-refractivity contribution in [3.8, 4) is 0 Å². The van der Waals surface area contributed by atoms with Gasteiger partial charge in [0.05, 0.1) is 28.5 Å². The molecule has 198 valence electrons. The van der Waals surface area contributed by atoms with Crippen LogP contribution in [0.4, 0.5) is 0 Å². The van der Waals surface area contributed by atoms with Crippen molar-refractivity contribution in [1.29, 1.82) is 0 Å². The van der Waals surface area contributed by atoms with Gasteiger partial charge in [0.25, 0.3) is 0 Å². The summed E-state index contributed by atoms with van der Waals surface area (Å²) in [6, 6.07) is 0. The molecule has 0 spiro atoms. The van der Waals surface area contributed by atoms with E-state index in [1.165, 1.54) is 44.1 Å². The van der Waals surface area contributed by atoms with Crippen LogP contribution in [0.15, 0.2) is 43.7 Å². The van der Waals surface area contributed by atoms with Crippen molar-refractivity contribution >= 4 is 35.7 Å². The number of imidazole rings is 1. The number of aliphatic imine (C=N–C) groups is 2. The molecule has 0 saturated carbocycles. The van der Waals surface area contributed by atoms with Crippen LogP contribution in [0.5, 0.6) is 0 Å². The third kappa shape index (κ3) is 4.13. The van der Waals surface area contributed by atoms with Crippen LogP contribution in [0.2, 0.25) is 0 Å². The topological polar surface area (TPSA) is 58.3 Å². The Morgan fingerprint density at radius 3 is 1.55 bits per heavy atom. The Kier molecular flexibility index (Phi) is 7.13. The average molecular weight is 508 g/mol. The molecule has 3 aliphatic heterocycles. The first kappa shape index (κ1) is 26.1. The van der Waals surface area contributed by atoms with E-state index >= 15 is 0 Å². The molecule has 3 aliphatic rings. The van der Waals surface area contributed by atoms with Crippen molar-refractivity contribution in [3.63, 3.8) is 0 Å². The third-order valence-corrected chi connectivity index (χ3v) is 8.41. The zero-order valence-electron chi connectivity index (χ0n) is 24.3. The van der Waals surface area contributed by atoms with Crippen LogP contribution in [-0.4, -0.2) is 26.0 Å². The Hall–Kier alpha value is -3.47. The van der Waals surface area contributed by atoms with Crippen molar-refractivity contribution in [1.82, 2.24) is 14.5 Å². The molecule has 5 nitrogen and oxygen atoms in total. The molecule has 5 rings (SSSR count). The van der Waals surface area contributed by atoms with E-state index in [-0.39, 0.29) is 0 Å². The minimum Gasteiger partial charge on any atom is -0.355 e. The predicted octanol–water partition coefficient (Wildman–Crippen LogP) is 6.28. The SMILES string of the molecule is CCC1=C(CC)C2=NC1=Cc1nc(n(C)c1C)C=C1N=C(C=c3[nH]c(c(CC)c3CC)=C2)C(CC)=C1CC. The maximum Gasteiger partial charge on any atom is 0.135 e. The lowest BCUT2D eigenvalue weighted by atomic mass is 9.98. The predicted molar refractivity (Wildman–Crippen MR) is 162 cm³/mol. The largest absolute Gasteiger partial charge is 0.355 e. The zero-order valence-corrected chi connectivity index (χ0v) is 24.3. The van der Waals surface area contributed by atoms with Crippen LogP contribution in [0.1, 0.15) is 95.6 Å². The third-order valence-electron chi connectivity index (χ3n) is 8.41. The van der Waals surface area contributed by atoms with E-state index in [0.717, 1.165) is 78.6 Å². The van der Waals surface area contributed by atoms with Gasteiger partial charge in [-0.25, -0.2) is 15.0 Å². The smallest absolute Gasteiger partial charge is 0.135 e. The van der Waals surface area contributed by atoms with Gasteiger partial charge in [0, 0.05) is 29.5 Å². The second-order valence-corrected chi connectivity index (χ2v) is 10.3. The number of aromatic amines is 1. The van der Waals surface area contributed by atoms with Crippen LogP contribution in [0, 0.1) is 6.92 Å². The van der Waals surface area contributed by atoms with Gasteiger partial charge in [-0.05, 0) is 97.1 Å². The number of H-pyrrole nitrogens is 1. The molecule has 0 unspecified atom stereocenters. The van der Waals surface area contributed by atoms with Crippen LogP contribution in [0.25, 0.3) is 24.3 Å². The molecular weight excluding hydrogens is 466 g/mol. The van der Waals surface area contributed by atoms with Gasteiger partial charge < -0.3 is 9.55 Å². The number of nitrogens with one attached hydrogen (secondary N) is 1. The molecule has 5 heterocycles. The molecule has 0 fully saturated rings. The number of hydrogen-bond acceptors (Lipinski definition) is 3. The molecule has 2 aromatic heterocycles. The fraction of sp³-hybridized carbons (Fsp3) is 0.424. The zero-order chi connectivity index (χ0) is 27.1. The molecule has 0 amide bonds. The lowest BCUT2D eigenvalue weighted by molar-refractivity contribution is 0.858. The Labute approximate surface area is 226 Å². The number of hydrogen-bond donors (Lipinski definition) is 1. The summed E-state index contributed by atoms with van der Waals surface area (Å²) in [6.07, 6.45) is 14.7. The number of allylic oxidation sites excluding steroid dienone is 4. The molecular formula is C33H41N5. The van der Waals surface area contributed by atoms with E-state index in [1.54, 1.807) is 0 Å². The molecule has 0 atom stereocenters. The first-order chi connectivity index (χ1) is 18.4. The number of nitrogens with zero attached hydrogens (tertiary/aromatic N) is 4. The first-order valence-electron chi connectivity index (χ1n) is 14.4. The van der Waals surface area contributed by atoms with Gasteiger partial charge in [0.1, 0.15) is 5.82 Å². The Bertz CT molecular complexity index is 1510. The molecule has 0 aromatic carbocycles. The van der Waals surface area contributed by atoms with Crippen molar-refractivity contribution < 1.29 is 0 Å². The molecule has 5 heteroatoms. The molecule has 2 aromatic rings. The summed E-state index contributed by atoms with van der Waals surface area (Å²) in [5, 5.41) is 2.35. The maximum absolute atomic E-state index is 5.20. The minimum absolute atomic E-state index is 0.930. The normalized spacial score (nSPS) is 16.8. The molecule has 0 aliphatic carbocycles. The fourth-order valence-corrected chi connectivity index (χ4v) is 6.29. The van der Waals surface area contributed by atoms with E-state index in [2.05, 4.69) is 89.4 Å². The highest BCUT2D eigenvalue weighted by atomic mass is 15.1. The quantitative estimate of drug-likeness (QED) is 0.491. The van der Waals surface area contributed by atoms with Crippen LogP contribution < -0.4 is 10.7 Å². The van der Waals surface area contributed by atoms with E-state index < -0.39 is 0 Å². The summed E-state index contributed by atoms with van der Waals surface area (Å²) < 4.78 is 2.18. The summed E-state index contributed by atoms with van der Waals surface area (Å²) in [4.78, 5) is 19.3. The van der Waals surface area contributed by atoms with Gasteiger partial charge in [-0.2, -0.15) is 0 Å². The number of fused-ring (bicyclic) bond motifs is 6. The van der Waals surface area contributed by atoms with Gasteiger partial charge >= 0.3 is 0 Å². The Morgan fingerprint density at radius 1 is 0.632 bits per heavy atom. The summed E-state index contributed by atoms with van der Waals surface area (Å²) in [5.74, 6) is 0.930. The van der Waals surface area contributed by atoms with Crippen LogP contribution in [0.3, 0.4) is 0 Å². The van der Waals surface area contributed by atoms with Crippen molar-refractivity contribution in [3.05, 3.63) is 72.7 Å². The molecule has 1 N–H and O–H groups in total. The standard InChI is InChI=1S/C33H41N5/c1-9-20-21(10-2)28-16-29-22(11-3)23(12-4)30(35-29)17-31-24(13-5)25(14-6)32(36-31)18-33-37-26(15-27(20)34-28)19(7)38(33)8/h15-18,35H,9-14H2,1-8H3. The van der Waals surface area contributed by atoms with Crippen LogP contribution >= 0.6 is 0 Å². The second kappa shape index (κ2) is 10.4. The molecule has 0 saturated heterocycles. The van der Waals surface area contributed by atoms with Crippen molar-refractivity contribution in [2.24, 2.45) is 17.0 Å². The summed E-state index contributed by atoms with van der Waals surface area (Å²) in [6.45, 7) is 15.6. The first-order valence-corrected chi connectivity index (χ1v) is 14.4. The Morgan fingerprint density at radius 2 is 1.11 bits per heavy atom. The second-order valence-electron chi connectivity index (χ2n) is 10.3. The average Bonchev–Trinajstić information content (AvgIpc) is 3.61. The van der Waals surface area contributed by atoms with Crippen molar-refractivity contribution in [2.45, 2.75) is 87.0 Å². The van der Waals surface area contributed by atoms with Gasteiger partial charge in [-0.3, -0.25) is 0 Å². The van der Waals surface area contributed by atoms with Gasteiger partial charge in [-0.15, -0.1) is 0 Å². The lowest BCUT2D eigenvalue weighted by Crippen LogP contribution is -2.16. The van der Waals surface area contributed by atoms with Gasteiger partial charge in [0.2, 0.25) is 0 Å². The van der Waals surface area contributed by atoms with E-state index in [1.807, 2.05) is 0 Å². The van der Waals surface area contributed by atoms with E-state index in [4.69, 9.17) is 15.0 Å². The highest BCUT2D eigenvalue weighted by Gasteiger charge is 2.24. The lowest BCUT2D eigenvalue weighted by Gasteiger charge is -2.05. The van der Waals surface area contributed by atoms with Gasteiger partial charge in [0.15, 0.2) is 0 Å². The Balaban J connectivity index is 1.90. The molecule has 38 heavy (non-hydrogen) atoms. The maximum atomic E-state index is 5.20. The number of rotatable bonds is 6. The summed E-state index contributed by atoms with van der Waals surface area (Å²) >= 11 is 0. The monoisotopic (exact) mass is 507 g/mol. The highest BCUT2D eigenvalue weighted by molar-refractivity contribution is 6.24. The number of aromatic nitrogens is 3. The molecule has 0 radical (unpaired) electrons. The van der Waals surface area contributed by atoms with E-state index in [9.17, 15) is 0 Å². The highest BCUT2D eigenvalue weighted by Crippen LogP contribution is 2.34. The van der Waals surface area contributed by atoms with E-state index in [0.29, 0.717) is 0 Å². The molecule has 8 bridgehead atoms. The summed E-state index contributed by atoms with van der Waals surface area (Å²) in [5.41, 5.74) is 14.4. The van der Waals surface area contributed by atoms with Crippen molar-refractivity contribution in [2.75, 3.05) is 0 Å². The van der Waals surface area contributed by atoms with Crippen LogP contribution in [-0.2, 0) is 19.9 Å².